The van der Waals surface area contributed by atoms with Crippen LogP contribution in [0.25, 0.3) is 0 Å². The molecule has 3 aromatic rings. The van der Waals surface area contributed by atoms with E-state index in [2.05, 4.69) is 58.2 Å². The van der Waals surface area contributed by atoms with Crippen molar-refractivity contribution in [1.29, 1.82) is 0 Å². The number of hydrazone groups is 1. The van der Waals surface area contributed by atoms with Crippen LogP contribution in [0.5, 0.6) is 11.5 Å². The van der Waals surface area contributed by atoms with E-state index in [0.717, 1.165) is 44.8 Å². The first kappa shape index (κ1) is 20.1. The summed E-state index contributed by atoms with van der Waals surface area (Å²) in [6.07, 6.45) is 0.498. The minimum Gasteiger partial charge on any atom is -0.491 e. The van der Waals surface area contributed by atoms with Gasteiger partial charge < -0.3 is 14.6 Å². The van der Waals surface area contributed by atoms with Gasteiger partial charge in [-0.3, -0.25) is 0 Å². The molecule has 0 saturated heterocycles. The first-order valence-corrected chi connectivity index (χ1v) is 11.1. The number of hydrogen-bond donors (Lipinski definition) is 1. The van der Waals surface area contributed by atoms with Gasteiger partial charge in [-0.15, -0.1) is 0 Å². The van der Waals surface area contributed by atoms with Gasteiger partial charge in [-0.25, -0.2) is 5.01 Å². The molecule has 2 atom stereocenters. The Labute approximate surface area is 190 Å². The Hall–Kier alpha value is -2.83. The topological polar surface area (TPSA) is 54.3 Å². The van der Waals surface area contributed by atoms with Crippen LogP contribution in [0.3, 0.4) is 0 Å². The lowest BCUT2D eigenvalue weighted by Gasteiger charge is -2.38. The highest BCUT2D eigenvalue weighted by molar-refractivity contribution is 9.10. The van der Waals surface area contributed by atoms with E-state index < -0.39 is 0 Å². The highest BCUT2D eigenvalue weighted by atomic mass is 79.9. The summed E-state index contributed by atoms with van der Waals surface area (Å²) in [5, 5.41) is 16.1. The molecule has 31 heavy (non-hydrogen) atoms. The van der Waals surface area contributed by atoms with Gasteiger partial charge in [0.1, 0.15) is 18.1 Å². The fraction of sp³-hybridized carbons (Fsp3) is 0.240. The zero-order chi connectivity index (χ0) is 21.4. The van der Waals surface area contributed by atoms with E-state index >= 15 is 0 Å². The van der Waals surface area contributed by atoms with Gasteiger partial charge in [0, 0.05) is 22.0 Å². The number of hydrogen-bond acceptors (Lipinski definition) is 5. The first-order valence-electron chi connectivity index (χ1n) is 10.3. The highest BCUT2D eigenvalue weighted by Crippen LogP contribution is 2.48. The van der Waals surface area contributed by atoms with E-state index in [1.54, 1.807) is 0 Å². The van der Waals surface area contributed by atoms with E-state index in [-0.39, 0.29) is 25.5 Å². The lowest BCUT2D eigenvalue weighted by Crippen LogP contribution is -2.33. The summed E-state index contributed by atoms with van der Waals surface area (Å²) in [6, 6.07) is 22.6. The van der Waals surface area contributed by atoms with Crippen LogP contribution in [-0.4, -0.2) is 29.0 Å². The highest BCUT2D eigenvalue weighted by Gasteiger charge is 2.41. The van der Waals surface area contributed by atoms with Crippen LogP contribution >= 0.6 is 15.9 Å². The monoisotopic (exact) mass is 478 g/mol. The Kier molecular flexibility index (Phi) is 5.42. The molecule has 0 aromatic heterocycles. The minimum absolute atomic E-state index is 0.00814. The van der Waals surface area contributed by atoms with Gasteiger partial charge >= 0.3 is 0 Å². The van der Waals surface area contributed by atoms with Crippen molar-refractivity contribution in [2.24, 2.45) is 5.10 Å². The van der Waals surface area contributed by atoms with Crippen molar-refractivity contribution in [2.75, 3.05) is 13.2 Å². The zero-order valence-corrected chi connectivity index (χ0v) is 18.7. The van der Waals surface area contributed by atoms with E-state index in [9.17, 15) is 0 Å². The normalized spacial score (nSPS) is 19.3. The van der Waals surface area contributed by atoms with Gasteiger partial charge in [-0.2, -0.15) is 5.10 Å². The summed E-state index contributed by atoms with van der Waals surface area (Å²) in [5.41, 5.74) is 5.58. The van der Waals surface area contributed by atoms with Crippen molar-refractivity contribution in [3.63, 3.8) is 0 Å². The fourth-order valence-electron chi connectivity index (χ4n) is 4.09. The number of fused-ring (bicyclic) bond motifs is 3. The second kappa shape index (κ2) is 8.36. The Bertz CT molecular complexity index is 1110. The molecule has 6 heteroatoms. The molecule has 0 spiro atoms. The Morgan fingerprint density at radius 3 is 2.61 bits per heavy atom. The van der Waals surface area contributed by atoms with Crippen molar-refractivity contribution >= 4 is 21.6 Å². The molecule has 158 valence electrons. The van der Waals surface area contributed by atoms with Gasteiger partial charge in [0.2, 0.25) is 6.23 Å². The zero-order valence-electron chi connectivity index (χ0n) is 17.2. The maximum atomic E-state index is 8.97. The van der Waals surface area contributed by atoms with Crippen LogP contribution < -0.4 is 9.47 Å². The molecule has 5 rings (SSSR count). The Morgan fingerprint density at radius 1 is 1.10 bits per heavy atom. The van der Waals surface area contributed by atoms with Crippen molar-refractivity contribution in [3.8, 4) is 11.5 Å². The van der Waals surface area contributed by atoms with Crippen LogP contribution in [-0.2, 0) is 0 Å². The van der Waals surface area contributed by atoms with Gasteiger partial charge in [-0.05, 0) is 55.0 Å². The maximum Gasteiger partial charge on any atom is 0.213 e. The number of rotatable bonds is 5. The van der Waals surface area contributed by atoms with Gasteiger partial charge in [-0.1, -0.05) is 45.8 Å². The molecule has 0 bridgehead atoms. The molecular formula is C25H23BrN2O3. The van der Waals surface area contributed by atoms with Crippen LogP contribution in [0, 0.1) is 6.92 Å². The number of aliphatic hydroxyl groups excluding tert-OH is 1. The largest absolute Gasteiger partial charge is 0.491 e. The predicted molar refractivity (Wildman–Crippen MR) is 123 cm³/mol. The first-order chi connectivity index (χ1) is 15.1. The lowest BCUT2D eigenvalue weighted by atomic mass is 9.95. The molecule has 5 nitrogen and oxygen atoms in total. The fourth-order valence-corrected chi connectivity index (χ4v) is 4.47. The van der Waals surface area contributed by atoms with Crippen LogP contribution in [0.2, 0.25) is 0 Å². The average molecular weight is 479 g/mol. The molecule has 2 heterocycles. The molecule has 2 aliphatic rings. The van der Waals surface area contributed by atoms with Crippen molar-refractivity contribution in [1.82, 2.24) is 5.01 Å². The van der Waals surface area contributed by atoms with Crippen LogP contribution in [0.15, 0.2) is 76.3 Å². The molecule has 1 N–H and O–H groups in total. The Balaban J connectivity index is 1.52. The SMILES string of the molecule is Cc1ccc(C2=NN3C(C2)c2cc(Br)ccc2OC3c2ccc(OCCO)cc2)cc1. The summed E-state index contributed by atoms with van der Waals surface area (Å²) in [4.78, 5) is 0. The van der Waals surface area contributed by atoms with Crippen molar-refractivity contribution < 1.29 is 14.6 Å². The minimum atomic E-state index is -0.325. The molecule has 3 aromatic carbocycles. The molecular weight excluding hydrogens is 456 g/mol. The van der Waals surface area contributed by atoms with Crippen LogP contribution in [0.4, 0.5) is 0 Å². The summed E-state index contributed by atoms with van der Waals surface area (Å²) in [5.74, 6) is 1.61. The van der Waals surface area contributed by atoms with Gasteiger partial charge in [0.25, 0.3) is 0 Å². The van der Waals surface area contributed by atoms with E-state index in [1.165, 1.54) is 5.56 Å². The molecule has 0 saturated carbocycles. The van der Waals surface area contributed by atoms with E-state index in [4.69, 9.17) is 19.7 Å². The Morgan fingerprint density at radius 2 is 1.87 bits per heavy atom. The predicted octanol–water partition coefficient (Wildman–Crippen LogP) is 5.37. The standard InChI is InChI=1S/C25H23BrN2O3/c1-16-2-4-17(5-3-16)22-15-23-21-14-19(26)8-11-24(21)31-25(28(23)27-22)18-6-9-20(10-7-18)30-13-12-29/h2-11,14,23,25,29H,12-13,15H2,1H3. The van der Waals surface area contributed by atoms with E-state index in [0.29, 0.717) is 0 Å². The van der Waals surface area contributed by atoms with E-state index in [1.807, 2.05) is 36.4 Å². The molecule has 2 aliphatic heterocycles. The molecule has 0 fully saturated rings. The summed E-state index contributed by atoms with van der Waals surface area (Å²) < 4.78 is 13.0. The summed E-state index contributed by atoms with van der Waals surface area (Å²) in [7, 11) is 0. The quantitative estimate of drug-likeness (QED) is 0.535. The van der Waals surface area contributed by atoms with Crippen molar-refractivity contribution in [2.45, 2.75) is 25.6 Å². The lowest BCUT2D eigenvalue weighted by molar-refractivity contribution is -0.0191. The number of aryl methyl sites for hydroxylation is 1. The number of aliphatic hydroxyl groups is 1. The number of nitrogens with zero attached hydrogens (tertiary/aromatic N) is 2. The maximum absolute atomic E-state index is 8.97. The number of halogens is 1. The van der Waals surface area contributed by atoms with Crippen LogP contribution in [0.1, 0.15) is 40.9 Å². The summed E-state index contributed by atoms with van der Waals surface area (Å²) in [6.45, 7) is 2.36. The second-order valence-electron chi connectivity index (χ2n) is 7.81. The molecule has 0 radical (unpaired) electrons. The third-order valence-electron chi connectivity index (χ3n) is 5.66. The van der Waals surface area contributed by atoms with Gasteiger partial charge in [0.05, 0.1) is 18.4 Å². The summed E-state index contributed by atoms with van der Waals surface area (Å²) >= 11 is 3.60. The third-order valence-corrected chi connectivity index (χ3v) is 6.16. The average Bonchev–Trinajstić information content (AvgIpc) is 3.24. The number of ether oxygens (including phenoxy) is 2. The second-order valence-corrected chi connectivity index (χ2v) is 8.72. The third kappa shape index (κ3) is 3.93. The smallest absolute Gasteiger partial charge is 0.213 e. The molecule has 0 aliphatic carbocycles. The van der Waals surface area contributed by atoms with Crippen molar-refractivity contribution in [3.05, 3.63) is 93.5 Å². The molecule has 2 unspecified atom stereocenters. The van der Waals surface area contributed by atoms with Gasteiger partial charge in [0.15, 0.2) is 0 Å². The molecule has 0 amide bonds. The number of benzene rings is 3.